The lowest BCUT2D eigenvalue weighted by molar-refractivity contribution is -0.136. The van der Waals surface area contributed by atoms with E-state index >= 15 is 0 Å². The first-order chi connectivity index (χ1) is 13.0. The van der Waals surface area contributed by atoms with Gasteiger partial charge in [0.25, 0.3) is 0 Å². The lowest BCUT2D eigenvalue weighted by atomic mass is 10.2. The first kappa shape index (κ1) is 19.3. The van der Waals surface area contributed by atoms with E-state index in [4.69, 9.17) is 9.47 Å². The highest BCUT2D eigenvalue weighted by Gasteiger charge is 2.33. The standard InChI is InChI=1S/C19H28N4O4/c1-21-8-4-5-16(21)18(24)22-9-11-23(12-10-22)19(25)20-15-7-6-14(26-2)13-17(15)27-3/h6-7,13,16H,4-5,8-12H2,1-3H3,(H,20,25). The molecule has 1 atom stereocenters. The van der Waals surface area contributed by atoms with Gasteiger partial charge in [-0.1, -0.05) is 0 Å². The maximum absolute atomic E-state index is 12.7. The van der Waals surface area contributed by atoms with Crippen LogP contribution in [0.4, 0.5) is 10.5 Å². The molecule has 0 aliphatic carbocycles. The fraction of sp³-hybridized carbons (Fsp3) is 0.579. The monoisotopic (exact) mass is 376 g/mol. The molecule has 2 aliphatic heterocycles. The van der Waals surface area contributed by atoms with Gasteiger partial charge < -0.3 is 24.6 Å². The molecule has 2 saturated heterocycles. The lowest BCUT2D eigenvalue weighted by Gasteiger charge is -2.36. The normalized spacial score (nSPS) is 20.5. The molecule has 8 nitrogen and oxygen atoms in total. The molecule has 0 bridgehead atoms. The van der Waals surface area contributed by atoms with Crippen LogP contribution in [0, 0.1) is 0 Å². The molecule has 0 spiro atoms. The Kier molecular flexibility index (Phi) is 6.05. The van der Waals surface area contributed by atoms with Crippen molar-refractivity contribution in [2.75, 3.05) is 59.3 Å². The molecule has 1 aromatic carbocycles. The number of methoxy groups -OCH3 is 2. The van der Waals surface area contributed by atoms with Crippen molar-refractivity contribution in [2.45, 2.75) is 18.9 Å². The molecule has 0 aromatic heterocycles. The highest BCUT2D eigenvalue weighted by Crippen LogP contribution is 2.29. The molecule has 3 rings (SSSR count). The Morgan fingerprint density at radius 2 is 1.74 bits per heavy atom. The van der Waals surface area contributed by atoms with Crippen LogP contribution in [0.3, 0.4) is 0 Å². The fourth-order valence-corrected chi connectivity index (χ4v) is 3.66. The third-order valence-electron chi connectivity index (χ3n) is 5.33. The number of likely N-dealkylation sites (N-methyl/N-ethyl adjacent to an activating group) is 1. The van der Waals surface area contributed by atoms with Gasteiger partial charge in [-0.15, -0.1) is 0 Å². The summed E-state index contributed by atoms with van der Waals surface area (Å²) in [6.07, 6.45) is 1.99. The second kappa shape index (κ2) is 8.47. The molecule has 8 heteroatoms. The van der Waals surface area contributed by atoms with Gasteiger partial charge in [0.15, 0.2) is 0 Å². The third kappa shape index (κ3) is 4.27. The number of hydrogen-bond acceptors (Lipinski definition) is 5. The molecular weight excluding hydrogens is 348 g/mol. The van der Waals surface area contributed by atoms with Crippen LogP contribution in [0.1, 0.15) is 12.8 Å². The van der Waals surface area contributed by atoms with Crippen LogP contribution in [-0.4, -0.2) is 86.7 Å². The van der Waals surface area contributed by atoms with E-state index in [0.29, 0.717) is 43.4 Å². The first-order valence-corrected chi connectivity index (χ1v) is 9.30. The van der Waals surface area contributed by atoms with Crippen LogP contribution in [-0.2, 0) is 4.79 Å². The summed E-state index contributed by atoms with van der Waals surface area (Å²) in [5.74, 6) is 1.39. The number of urea groups is 1. The van der Waals surface area contributed by atoms with Crippen molar-refractivity contribution in [3.8, 4) is 11.5 Å². The van der Waals surface area contributed by atoms with E-state index in [1.807, 2.05) is 11.9 Å². The largest absolute Gasteiger partial charge is 0.497 e. The van der Waals surface area contributed by atoms with Gasteiger partial charge in [0.2, 0.25) is 5.91 Å². The Morgan fingerprint density at radius 1 is 1.04 bits per heavy atom. The predicted molar refractivity (Wildman–Crippen MR) is 102 cm³/mol. The van der Waals surface area contributed by atoms with Crippen molar-refractivity contribution in [3.63, 3.8) is 0 Å². The molecule has 2 fully saturated rings. The lowest BCUT2D eigenvalue weighted by Crippen LogP contribution is -2.55. The maximum atomic E-state index is 12.7. The molecule has 2 aliphatic rings. The minimum atomic E-state index is -0.191. The minimum absolute atomic E-state index is 0.00561. The Balaban J connectivity index is 1.55. The molecule has 1 N–H and O–H groups in total. The molecular formula is C19H28N4O4. The van der Waals surface area contributed by atoms with Gasteiger partial charge in [-0.2, -0.15) is 0 Å². The number of anilines is 1. The van der Waals surface area contributed by atoms with Crippen molar-refractivity contribution in [1.82, 2.24) is 14.7 Å². The van der Waals surface area contributed by atoms with Crippen molar-refractivity contribution in [1.29, 1.82) is 0 Å². The molecule has 0 saturated carbocycles. The van der Waals surface area contributed by atoms with Crippen molar-refractivity contribution in [3.05, 3.63) is 18.2 Å². The predicted octanol–water partition coefficient (Wildman–Crippen LogP) is 1.47. The van der Waals surface area contributed by atoms with Crippen LogP contribution in [0.5, 0.6) is 11.5 Å². The molecule has 0 radical (unpaired) electrons. The average Bonchev–Trinajstić information content (AvgIpc) is 3.13. The number of likely N-dealkylation sites (tertiary alicyclic amines) is 1. The minimum Gasteiger partial charge on any atom is -0.497 e. The molecule has 27 heavy (non-hydrogen) atoms. The number of hydrogen-bond donors (Lipinski definition) is 1. The number of carbonyl (C=O) groups excluding carboxylic acids is 2. The average molecular weight is 376 g/mol. The van der Waals surface area contributed by atoms with Crippen molar-refractivity contribution < 1.29 is 19.1 Å². The Bertz CT molecular complexity index is 688. The molecule has 3 amide bonds. The van der Waals surface area contributed by atoms with Crippen molar-refractivity contribution in [2.24, 2.45) is 0 Å². The van der Waals surface area contributed by atoms with E-state index in [9.17, 15) is 9.59 Å². The van der Waals surface area contributed by atoms with E-state index in [-0.39, 0.29) is 18.0 Å². The highest BCUT2D eigenvalue weighted by molar-refractivity contribution is 5.91. The summed E-state index contributed by atoms with van der Waals surface area (Å²) in [7, 11) is 5.13. The second-order valence-corrected chi connectivity index (χ2v) is 6.95. The zero-order valence-electron chi connectivity index (χ0n) is 16.2. The second-order valence-electron chi connectivity index (χ2n) is 6.95. The van der Waals surface area contributed by atoms with Gasteiger partial charge in [0.05, 0.1) is 25.9 Å². The van der Waals surface area contributed by atoms with Gasteiger partial charge in [-0.3, -0.25) is 9.69 Å². The number of ether oxygens (including phenoxy) is 2. The van der Waals surface area contributed by atoms with Crippen molar-refractivity contribution >= 4 is 17.6 Å². The van der Waals surface area contributed by atoms with E-state index in [1.54, 1.807) is 37.3 Å². The van der Waals surface area contributed by atoms with Gasteiger partial charge in [-0.25, -0.2) is 4.79 Å². The quantitative estimate of drug-likeness (QED) is 0.862. The van der Waals surface area contributed by atoms with Crippen LogP contribution in [0.2, 0.25) is 0 Å². The number of nitrogens with one attached hydrogen (secondary N) is 1. The molecule has 1 aromatic rings. The summed E-state index contributed by atoms with van der Waals surface area (Å²) in [4.78, 5) is 31.0. The zero-order valence-corrected chi connectivity index (χ0v) is 16.2. The molecule has 1 unspecified atom stereocenters. The maximum Gasteiger partial charge on any atom is 0.322 e. The zero-order chi connectivity index (χ0) is 19.4. The summed E-state index contributed by atoms with van der Waals surface area (Å²) in [6.45, 7) is 3.15. The van der Waals surface area contributed by atoms with E-state index in [1.165, 1.54) is 0 Å². The fourth-order valence-electron chi connectivity index (χ4n) is 3.66. The number of benzene rings is 1. The molecule has 148 valence electrons. The number of carbonyl (C=O) groups is 2. The van der Waals surface area contributed by atoms with E-state index < -0.39 is 0 Å². The summed E-state index contributed by atoms with van der Waals surface area (Å²) in [5.41, 5.74) is 0.592. The third-order valence-corrected chi connectivity index (χ3v) is 5.33. The van der Waals surface area contributed by atoms with Crippen LogP contribution < -0.4 is 14.8 Å². The topological polar surface area (TPSA) is 74.4 Å². The Hall–Kier alpha value is -2.48. The Labute approximate surface area is 160 Å². The summed E-state index contributed by atoms with van der Waals surface area (Å²) in [5, 5.41) is 2.88. The SMILES string of the molecule is COc1ccc(NC(=O)N2CCN(C(=O)C3CCCN3C)CC2)c(OC)c1. The number of amides is 3. The van der Waals surface area contributed by atoms with E-state index in [2.05, 4.69) is 10.2 Å². The molecule has 2 heterocycles. The van der Waals surface area contributed by atoms with Gasteiger partial charge in [-0.05, 0) is 38.6 Å². The Morgan fingerprint density at radius 3 is 2.33 bits per heavy atom. The summed E-state index contributed by atoms with van der Waals surface area (Å²) in [6, 6.07) is 5.06. The van der Waals surface area contributed by atoms with Crippen LogP contribution >= 0.6 is 0 Å². The summed E-state index contributed by atoms with van der Waals surface area (Å²) >= 11 is 0. The number of piperazine rings is 1. The van der Waals surface area contributed by atoms with Crippen LogP contribution in [0.15, 0.2) is 18.2 Å². The number of rotatable bonds is 4. The van der Waals surface area contributed by atoms with Crippen LogP contribution in [0.25, 0.3) is 0 Å². The van der Waals surface area contributed by atoms with Gasteiger partial charge >= 0.3 is 6.03 Å². The highest BCUT2D eigenvalue weighted by atomic mass is 16.5. The van der Waals surface area contributed by atoms with Gasteiger partial charge in [0, 0.05) is 32.2 Å². The summed E-state index contributed by atoms with van der Waals surface area (Å²) < 4.78 is 10.5. The number of nitrogens with zero attached hydrogens (tertiary/aromatic N) is 3. The smallest absolute Gasteiger partial charge is 0.322 e. The van der Waals surface area contributed by atoms with E-state index in [0.717, 1.165) is 19.4 Å². The first-order valence-electron chi connectivity index (χ1n) is 9.30. The van der Waals surface area contributed by atoms with Gasteiger partial charge in [0.1, 0.15) is 11.5 Å².